The fraction of sp³-hybridized carbons (Fsp3) is 0.0625. The Kier molecular flexibility index (Phi) is 4.20. The number of nitrogens with one attached hydrogen (secondary N) is 1. The Morgan fingerprint density at radius 2 is 2.14 bits per heavy atom. The maximum absolute atomic E-state index is 13.5. The molecule has 0 aliphatic carbocycles. The number of benzene rings is 1. The number of carbonyl (C=O) groups is 1. The summed E-state index contributed by atoms with van der Waals surface area (Å²) in [6, 6.07) is 9.91. The second-order valence-corrected chi connectivity index (χ2v) is 5.52. The van der Waals surface area contributed by atoms with Gasteiger partial charge in [-0.3, -0.25) is 4.79 Å². The Morgan fingerprint density at radius 3 is 2.91 bits per heavy atom. The number of nitrogens with zero attached hydrogens (tertiary/aromatic N) is 2. The molecule has 1 N–H and O–H groups in total. The van der Waals surface area contributed by atoms with Crippen LogP contribution in [-0.4, -0.2) is 15.9 Å². The normalized spacial score (nSPS) is 10.4. The molecule has 0 unspecified atom stereocenters. The van der Waals surface area contributed by atoms with Crippen LogP contribution in [0.2, 0.25) is 0 Å². The van der Waals surface area contributed by atoms with Crippen molar-refractivity contribution in [2.45, 2.75) is 6.42 Å². The van der Waals surface area contributed by atoms with Crippen molar-refractivity contribution in [1.82, 2.24) is 9.97 Å². The second kappa shape index (κ2) is 6.44. The van der Waals surface area contributed by atoms with Gasteiger partial charge in [0.15, 0.2) is 0 Å². The highest BCUT2D eigenvalue weighted by atomic mass is 32.1. The van der Waals surface area contributed by atoms with E-state index in [-0.39, 0.29) is 18.1 Å². The van der Waals surface area contributed by atoms with Gasteiger partial charge < -0.3 is 5.32 Å². The molecule has 3 aromatic rings. The van der Waals surface area contributed by atoms with Crippen LogP contribution in [0.25, 0.3) is 10.6 Å². The summed E-state index contributed by atoms with van der Waals surface area (Å²) in [7, 11) is 0. The average molecular weight is 313 g/mol. The maximum Gasteiger partial charge on any atom is 0.228 e. The highest BCUT2D eigenvalue weighted by molar-refractivity contribution is 7.14. The molecule has 0 saturated carbocycles. The van der Waals surface area contributed by atoms with Gasteiger partial charge in [-0.1, -0.05) is 18.2 Å². The number of carbonyl (C=O) groups excluding carboxylic acids is 1. The molecule has 6 heteroatoms. The lowest BCUT2D eigenvalue weighted by molar-refractivity contribution is -0.115. The van der Waals surface area contributed by atoms with Gasteiger partial charge >= 0.3 is 0 Å². The van der Waals surface area contributed by atoms with Crippen LogP contribution in [0.3, 0.4) is 0 Å². The molecule has 2 heterocycles. The van der Waals surface area contributed by atoms with Crippen LogP contribution in [0.5, 0.6) is 0 Å². The number of anilines is 1. The molecule has 0 spiro atoms. The molecule has 0 fully saturated rings. The third-order valence-electron chi connectivity index (χ3n) is 3.03. The monoisotopic (exact) mass is 313 g/mol. The molecule has 2 aromatic heterocycles. The Hall–Kier alpha value is -2.60. The summed E-state index contributed by atoms with van der Waals surface area (Å²) in [4.78, 5) is 20.9. The van der Waals surface area contributed by atoms with E-state index in [0.29, 0.717) is 11.3 Å². The largest absolute Gasteiger partial charge is 0.325 e. The fourth-order valence-electron chi connectivity index (χ4n) is 1.99. The molecule has 4 nitrogen and oxygen atoms in total. The Balaban J connectivity index is 1.68. The van der Waals surface area contributed by atoms with Crippen LogP contribution in [0.15, 0.2) is 54.3 Å². The molecule has 0 aliphatic rings. The summed E-state index contributed by atoms with van der Waals surface area (Å²) in [5.74, 6) is -0.623. The minimum absolute atomic E-state index is 0.00532. The number of hydrogen-bond acceptors (Lipinski definition) is 4. The molecule has 0 bridgehead atoms. The average Bonchev–Trinajstić information content (AvgIpc) is 2.99. The standard InChI is InChI=1S/C16H12FN3OS/c17-13-4-2-1-3-11(13)7-16(21)20-12-8-15(22-9-12)14-5-6-18-10-19-14/h1-6,8-10H,7H2,(H,20,21). The highest BCUT2D eigenvalue weighted by Crippen LogP contribution is 2.28. The summed E-state index contributed by atoms with van der Waals surface area (Å²) in [5.41, 5.74) is 1.86. The molecule has 1 aromatic carbocycles. The van der Waals surface area contributed by atoms with Crippen molar-refractivity contribution in [2.75, 3.05) is 5.32 Å². The van der Waals surface area contributed by atoms with Gasteiger partial charge in [-0.2, -0.15) is 0 Å². The van der Waals surface area contributed by atoms with E-state index < -0.39 is 0 Å². The zero-order valence-corrected chi connectivity index (χ0v) is 12.3. The number of amides is 1. The van der Waals surface area contributed by atoms with Crippen LogP contribution in [0, 0.1) is 5.82 Å². The Labute approximate surface area is 130 Å². The van der Waals surface area contributed by atoms with Crippen molar-refractivity contribution in [2.24, 2.45) is 0 Å². The van der Waals surface area contributed by atoms with E-state index >= 15 is 0 Å². The lowest BCUT2D eigenvalue weighted by atomic mass is 10.1. The van der Waals surface area contributed by atoms with Crippen LogP contribution in [0.4, 0.5) is 10.1 Å². The molecule has 3 rings (SSSR count). The predicted octanol–water partition coefficient (Wildman–Crippen LogP) is 3.53. The quantitative estimate of drug-likeness (QED) is 0.801. The number of hydrogen-bond donors (Lipinski definition) is 1. The maximum atomic E-state index is 13.5. The first-order valence-corrected chi connectivity index (χ1v) is 7.48. The molecule has 0 saturated heterocycles. The molecule has 22 heavy (non-hydrogen) atoms. The van der Waals surface area contributed by atoms with Crippen LogP contribution in [0.1, 0.15) is 5.56 Å². The van der Waals surface area contributed by atoms with E-state index in [9.17, 15) is 9.18 Å². The third kappa shape index (κ3) is 3.35. The van der Waals surface area contributed by atoms with Gasteiger partial charge in [-0.05, 0) is 23.8 Å². The van der Waals surface area contributed by atoms with E-state index in [1.54, 1.807) is 30.5 Å². The van der Waals surface area contributed by atoms with E-state index in [2.05, 4.69) is 15.3 Å². The Bertz CT molecular complexity index is 789. The zero-order chi connectivity index (χ0) is 15.4. The van der Waals surface area contributed by atoms with Crippen LogP contribution < -0.4 is 5.32 Å². The first-order chi connectivity index (χ1) is 10.7. The molecular weight excluding hydrogens is 301 g/mol. The summed E-state index contributed by atoms with van der Waals surface area (Å²) in [6.45, 7) is 0. The lowest BCUT2D eigenvalue weighted by Gasteiger charge is -2.04. The fourth-order valence-corrected chi connectivity index (χ4v) is 2.81. The highest BCUT2D eigenvalue weighted by Gasteiger charge is 2.10. The van der Waals surface area contributed by atoms with Crippen molar-refractivity contribution in [1.29, 1.82) is 0 Å². The topological polar surface area (TPSA) is 54.9 Å². The summed E-state index contributed by atoms with van der Waals surface area (Å²) >= 11 is 1.48. The number of rotatable bonds is 4. The van der Waals surface area contributed by atoms with Crippen molar-refractivity contribution in [3.63, 3.8) is 0 Å². The Morgan fingerprint density at radius 1 is 1.27 bits per heavy atom. The lowest BCUT2D eigenvalue weighted by Crippen LogP contribution is -2.14. The minimum Gasteiger partial charge on any atom is -0.325 e. The van der Waals surface area contributed by atoms with Gasteiger partial charge in [0.2, 0.25) is 5.91 Å². The van der Waals surface area contributed by atoms with Crippen molar-refractivity contribution in [3.05, 3.63) is 65.7 Å². The smallest absolute Gasteiger partial charge is 0.228 e. The second-order valence-electron chi connectivity index (χ2n) is 4.61. The van der Waals surface area contributed by atoms with E-state index in [0.717, 1.165) is 10.6 Å². The molecule has 0 radical (unpaired) electrons. The van der Waals surface area contributed by atoms with E-state index in [1.807, 2.05) is 11.4 Å². The minimum atomic E-state index is -0.371. The van der Waals surface area contributed by atoms with Crippen molar-refractivity contribution < 1.29 is 9.18 Å². The van der Waals surface area contributed by atoms with E-state index in [1.165, 1.54) is 23.7 Å². The summed E-state index contributed by atoms with van der Waals surface area (Å²) < 4.78 is 13.5. The molecule has 0 aliphatic heterocycles. The molecule has 0 atom stereocenters. The van der Waals surface area contributed by atoms with Gasteiger partial charge in [-0.25, -0.2) is 14.4 Å². The van der Waals surface area contributed by atoms with Gasteiger partial charge in [0.05, 0.1) is 22.7 Å². The summed E-state index contributed by atoms with van der Waals surface area (Å²) in [5, 5.41) is 4.60. The zero-order valence-electron chi connectivity index (χ0n) is 11.5. The first-order valence-electron chi connectivity index (χ1n) is 6.60. The molecule has 110 valence electrons. The third-order valence-corrected chi connectivity index (χ3v) is 3.98. The number of aromatic nitrogens is 2. The SMILES string of the molecule is O=C(Cc1ccccc1F)Nc1csc(-c2ccncn2)c1. The van der Waals surface area contributed by atoms with Crippen LogP contribution >= 0.6 is 11.3 Å². The van der Waals surface area contributed by atoms with Gasteiger partial charge in [0, 0.05) is 11.6 Å². The van der Waals surface area contributed by atoms with Crippen LogP contribution in [-0.2, 0) is 11.2 Å². The van der Waals surface area contributed by atoms with Gasteiger partial charge in [0.1, 0.15) is 12.1 Å². The first kappa shape index (κ1) is 14.3. The van der Waals surface area contributed by atoms with Gasteiger partial charge in [0.25, 0.3) is 0 Å². The number of halogens is 1. The number of thiophene rings is 1. The van der Waals surface area contributed by atoms with Gasteiger partial charge in [-0.15, -0.1) is 11.3 Å². The predicted molar refractivity (Wildman–Crippen MR) is 84.1 cm³/mol. The van der Waals surface area contributed by atoms with Crippen molar-refractivity contribution in [3.8, 4) is 10.6 Å². The van der Waals surface area contributed by atoms with E-state index in [4.69, 9.17) is 0 Å². The summed E-state index contributed by atoms with van der Waals surface area (Å²) in [6.07, 6.45) is 3.15. The van der Waals surface area contributed by atoms with Crippen molar-refractivity contribution >= 4 is 22.9 Å². The molecular formula is C16H12FN3OS. The molecule has 1 amide bonds.